The molecule has 10 rings (SSSR count). The molecule has 66 heavy (non-hydrogen) atoms. The number of carbonyl (C=O) groups is 1. The number of sulfone groups is 1. The molecule has 3 saturated carbocycles. The molecule has 3 fully saturated rings. The molecule has 348 valence electrons. The summed E-state index contributed by atoms with van der Waals surface area (Å²) in [7, 11) is -1.87. The number of hydrogen-bond donors (Lipinski definition) is 3. The van der Waals surface area contributed by atoms with Crippen LogP contribution in [0.3, 0.4) is 0 Å². The first kappa shape index (κ1) is 44.3. The topological polar surface area (TPSA) is 183 Å². The predicted octanol–water partition coefficient (Wildman–Crippen LogP) is 8.41. The molecule has 4 aliphatic rings. The van der Waals surface area contributed by atoms with E-state index in [1.165, 1.54) is 4.68 Å². The van der Waals surface area contributed by atoms with Crippen LogP contribution < -0.4 is 10.6 Å². The van der Waals surface area contributed by atoms with Gasteiger partial charge in [-0.25, -0.2) is 26.0 Å². The maximum atomic E-state index is 15.6. The Morgan fingerprint density at radius 3 is 2.42 bits per heavy atom. The Balaban J connectivity index is 1.08. The molecule has 0 radical (unpaired) electrons. The maximum absolute atomic E-state index is 15.6. The summed E-state index contributed by atoms with van der Waals surface area (Å²) in [5.74, 6) is -8.05. The molecule has 3 atom stereocenters. The minimum Gasteiger partial charge on any atom is -0.405 e. The molecule has 0 aliphatic heterocycles. The molecule has 4 heterocycles. The van der Waals surface area contributed by atoms with Crippen LogP contribution in [0.1, 0.15) is 111 Å². The van der Waals surface area contributed by atoms with Gasteiger partial charge in [-0.2, -0.15) is 19.0 Å². The van der Waals surface area contributed by atoms with Gasteiger partial charge in [-0.15, -0.1) is 5.10 Å². The van der Waals surface area contributed by atoms with Crippen LogP contribution in [-0.4, -0.2) is 64.2 Å². The first-order valence-corrected chi connectivity index (χ1v) is 23.3. The summed E-state index contributed by atoms with van der Waals surface area (Å²) < 4.78 is 123. The highest BCUT2D eigenvalue weighted by Gasteiger charge is 2.67. The highest BCUT2D eigenvalue weighted by atomic mass is 35.5. The Bertz CT molecular complexity index is 3060. The fourth-order valence-electron chi connectivity index (χ4n) is 9.26. The maximum Gasteiger partial charge on any atom is 0.321 e. The first-order chi connectivity index (χ1) is 31.1. The van der Waals surface area contributed by atoms with Crippen LogP contribution in [-0.2, 0) is 52.6 Å². The van der Waals surface area contributed by atoms with Crippen molar-refractivity contribution in [1.82, 2.24) is 40.1 Å². The van der Waals surface area contributed by atoms with Crippen molar-refractivity contribution in [3.05, 3.63) is 98.9 Å². The number of nitrogens with zero attached hydrogens (tertiary/aromatic N) is 7. The van der Waals surface area contributed by atoms with Crippen LogP contribution in [0.5, 0.6) is 0 Å². The molecule has 4 aliphatic carbocycles. The summed E-state index contributed by atoms with van der Waals surface area (Å²) in [4.78, 5) is 19.2. The van der Waals surface area contributed by atoms with Crippen molar-refractivity contribution in [2.75, 3.05) is 5.32 Å². The average molecular weight is 958 g/mol. The zero-order chi connectivity index (χ0) is 46.8. The zero-order valence-corrected chi connectivity index (χ0v) is 37.1. The van der Waals surface area contributed by atoms with Crippen molar-refractivity contribution < 1.29 is 49.1 Å². The number of hydrogen-bond acceptors (Lipinski definition) is 11. The van der Waals surface area contributed by atoms with Crippen molar-refractivity contribution in [1.29, 1.82) is 0 Å². The number of carbonyl (C=O) groups excluding carboxylic acids is 1. The van der Waals surface area contributed by atoms with E-state index in [0.29, 0.717) is 64.2 Å². The second-order valence-electron chi connectivity index (χ2n) is 18.4. The largest absolute Gasteiger partial charge is 0.405 e. The Morgan fingerprint density at radius 1 is 1.03 bits per heavy atom. The van der Waals surface area contributed by atoms with Gasteiger partial charge in [-0.1, -0.05) is 28.8 Å². The van der Waals surface area contributed by atoms with Crippen molar-refractivity contribution in [2.24, 2.45) is 13.0 Å². The second-order valence-corrected chi connectivity index (χ2v) is 21.6. The monoisotopic (exact) mass is 957 g/mol. The predicted molar refractivity (Wildman–Crippen MR) is 227 cm³/mol. The third kappa shape index (κ3) is 7.69. The van der Waals surface area contributed by atoms with Gasteiger partial charge in [-0.05, 0) is 101 Å². The summed E-state index contributed by atoms with van der Waals surface area (Å²) in [6.45, 7) is 2.39. The van der Waals surface area contributed by atoms with Gasteiger partial charge in [0.2, 0.25) is 11.8 Å². The number of nitrogens with one attached hydrogen (secondary N) is 2. The average Bonchev–Trinajstić information content (AvgIpc) is 4.21. The van der Waals surface area contributed by atoms with Crippen molar-refractivity contribution in [3.63, 3.8) is 0 Å². The number of pyridine rings is 1. The van der Waals surface area contributed by atoms with Gasteiger partial charge in [0.05, 0.1) is 37.7 Å². The van der Waals surface area contributed by atoms with Crippen LogP contribution in [0.25, 0.3) is 22.0 Å². The van der Waals surface area contributed by atoms with Gasteiger partial charge in [0, 0.05) is 41.4 Å². The van der Waals surface area contributed by atoms with E-state index in [1.54, 1.807) is 45.2 Å². The van der Waals surface area contributed by atoms with E-state index in [0.717, 1.165) is 12.1 Å². The van der Waals surface area contributed by atoms with Crippen LogP contribution in [0, 0.1) is 17.6 Å². The number of anilines is 2. The summed E-state index contributed by atoms with van der Waals surface area (Å²) in [6, 6.07) is 8.06. The first-order valence-electron chi connectivity index (χ1n) is 21.4. The van der Waals surface area contributed by atoms with Crippen molar-refractivity contribution in [3.8, 4) is 11.1 Å². The number of amides is 1. The number of alkyl halides is 4. The molecule has 3 N–H and O–H groups in total. The number of aryl methyl sites for hydroxylation is 2. The number of halogens is 7. The molecular weight excluding hydrogens is 916 g/mol. The minimum absolute atomic E-state index is 0.0206. The van der Waals surface area contributed by atoms with E-state index >= 15 is 8.78 Å². The molecule has 1 amide bonds. The van der Waals surface area contributed by atoms with Crippen LogP contribution in [0.4, 0.5) is 38.2 Å². The third-order valence-corrected chi connectivity index (χ3v) is 16.6. The molecule has 22 heteroatoms. The Kier molecular flexibility index (Phi) is 10.4. The molecule has 4 aromatic heterocycles. The molecule has 6 aromatic rings. The summed E-state index contributed by atoms with van der Waals surface area (Å²) in [5, 5.41) is 32.8. The van der Waals surface area contributed by atoms with Crippen LogP contribution >= 0.6 is 11.6 Å². The molecule has 0 spiro atoms. The van der Waals surface area contributed by atoms with Gasteiger partial charge in [0.25, 0.3) is 12.3 Å². The standard InChI is InChI=1S/C44H42ClF6N9O5S/c1-42(2,66(63,64)24-5-6-24)11-10-23-4-7-25(26-8-9-29(45)33-36(26)59(3)58-39(33)54-41-56-55-40(65-41)43(62)12-13-43)34(52-23)30(16-20-14-21(46)17-22(47)15-20)53-31(61)19-60-37-32(35(57-60)38(48)49)27-18-28(27)44(37,50)51/h4,7-9,14-15,17,24,27-28,30,38,62H,5-6,10-13,16,18-19H2,1-3H3,(H,53,61)(H,54,56,58)/t27?,28-,30+/m1/s1. The van der Waals surface area contributed by atoms with E-state index in [-0.39, 0.29) is 65.2 Å². The lowest BCUT2D eigenvalue weighted by Gasteiger charge is -2.26. The summed E-state index contributed by atoms with van der Waals surface area (Å²) in [6.07, 6.45) is -1.09. The number of fused-ring (bicyclic) bond motifs is 4. The van der Waals surface area contributed by atoms with E-state index in [9.17, 15) is 35.9 Å². The molecule has 1 unspecified atom stereocenters. The van der Waals surface area contributed by atoms with Gasteiger partial charge >= 0.3 is 6.01 Å². The zero-order valence-electron chi connectivity index (χ0n) is 35.6. The van der Waals surface area contributed by atoms with E-state index in [2.05, 4.69) is 31.0 Å². The van der Waals surface area contributed by atoms with Crippen LogP contribution in [0.15, 0.2) is 46.9 Å². The third-order valence-electron chi connectivity index (χ3n) is 13.2. The number of aliphatic hydroxyl groups is 1. The normalized spacial score (nSPS) is 19.8. The Morgan fingerprint density at radius 2 is 1.74 bits per heavy atom. The highest BCUT2D eigenvalue weighted by Crippen LogP contribution is 2.68. The second kappa shape index (κ2) is 15.5. The lowest BCUT2D eigenvalue weighted by molar-refractivity contribution is -0.123. The lowest BCUT2D eigenvalue weighted by Crippen LogP contribution is -2.36. The quantitative estimate of drug-likeness (QED) is 0.0792. The van der Waals surface area contributed by atoms with E-state index < -0.39 is 91.1 Å². The van der Waals surface area contributed by atoms with Gasteiger partial charge in [-0.3, -0.25) is 24.5 Å². The van der Waals surface area contributed by atoms with Gasteiger partial charge in [0.15, 0.2) is 15.7 Å². The van der Waals surface area contributed by atoms with Crippen molar-refractivity contribution in [2.45, 2.75) is 112 Å². The smallest absolute Gasteiger partial charge is 0.321 e. The molecular formula is C44H42ClF6N9O5S. The lowest BCUT2D eigenvalue weighted by atomic mass is 9.93. The highest BCUT2D eigenvalue weighted by molar-refractivity contribution is 7.93. The fourth-order valence-corrected chi connectivity index (χ4v) is 11.6. The number of rotatable bonds is 16. The van der Waals surface area contributed by atoms with Crippen molar-refractivity contribution >= 4 is 50.1 Å². The van der Waals surface area contributed by atoms with Gasteiger partial charge < -0.3 is 14.8 Å². The number of benzene rings is 2. The minimum atomic E-state index is -3.51. The van der Waals surface area contributed by atoms with Crippen LogP contribution in [0.2, 0.25) is 5.02 Å². The Hall–Kier alpha value is -5.54. The summed E-state index contributed by atoms with van der Waals surface area (Å²) >= 11 is 6.84. The molecule has 0 bridgehead atoms. The fraction of sp³-hybridized carbons (Fsp3) is 0.455. The number of aromatic nitrogens is 7. The van der Waals surface area contributed by atoms with E-state index in [1.807, 2.05) is 0 Å². The van der Waals surface area contributed by atoms with Gasteiger partial charge in [0.1, 0.15) is 35.2 Å². The Labute approximate surface area is 378 Å². The molecule has 14 nitrogen and oxygen atoms in total. The summed E-state index contributed by atoms with van der Waals surface area (Å²) in [5.41, 5.74) is -1.21. The molecule has 0 saturated heterocycles. The van der Waals surface area contributed by atoms with E-state index in [4.69, 9.17) is 21.0 Å². The molecule has 2 aromatic carbocycles. The SMILES string of the molecule is Cn1nc(Nc2nnc(C3(O)CC3)o2)c2c(Cl)ccc(-c3ccc(CCC(C)(C)S(=O)(=O)C4CC4)nc3[C@H](Cc3cc(F)cc(F)c3)NC(=O)Cn3nc(C(F)F)c4c3C(F)(F)[C@@H]3CC43)c21.